The Morgan fingerprint density at radius 3 is 2.15 bits per heavy atom. The van der Waals surface area contributed by atoms with Gasteiger partial charge >= 0.3 is 0 Å². The summed E-state index contributed by atoms with van der Waals surface area (Å²) >= 11 is 0. The van der Waals surface area contributed by atoms with Crippen LogP contribution in [0.5, 0.6) is 0 Å². The average molecular weight is 181 g/mol. The number of nitrogens with zero attached hydrogens (tertiary/aromatic N) is 3. The van der Waals surface area contributed by atoms with E-state index in [2.05, 4.69) is 35.2 Å². The van der Waals surface area contributed by atoms with Crippen molar-refractivity contribution in [1.82, 2.24) is 9.55 Å². The molecule has 0 fully saturated rings. The second kappa shape index (κ2) is 3.05. The first kappa shape index (κ1) is 10.1. The zero-order valence-corrected chi connectivity index (χ0v) is 9.42. The lowest BCUT2D eigenvalue weighted by molar-refractivity contribution is 0.543. The Morgan fingerprint density at radius 1 is 1.31 bits per heavy atom. The second-order valence-corrected chi connectivity index (χ2v) is 4.67. The third kappa shape index (κ3) is 1.85. The first-order chi connectivity index (χ1) is 5.84. The van der Waals surface area contributed by atoms with Crippen molar-refractivity contribution in [3.8, 4) is 0 Å². The van der Waals surface area contributed by atoms with E-state index in [0.717, 1.165) is 5.82 Å². The quantitative estimate of drug-likeness (QED) is 0.658. The zero-order valence-electron chi connectivity index (χ0n) is 9.42. The van der Waals surface area contributed by atoms with E-state index in [-0.39, 0.29) is 5.41 Å². The van der Waals surface area contributed by atoms with Crippen LogP contribution < -0.4 is 4.90 Å². The number of anilines is 1. The third-order valence-electron chi connectivity index (χ3n) is 2.05. The molecule has 0 amide bonds. The van der Waals surface area contributed by atoms with Gasteiger partial charge in [0.05, 0.1) is 12.0 Å². The lowest BCUT2D eigenvalue weighted by atomic mass is 9.91. The van der Waals surface area contributed by atoms with Gasteiger partial charge in [0.25, 0.3) is 0 Å². The zero-order chi connectivity index (χ0) is 10.2. The molecule has 0 spiro atoms. The summed E-state index contributed by atoms with van der Waals surface area (Å²) in [6, 6.07) is 0. The van der Waals surface area contributed by atoms with Gasteiger partial charge in [-0.3, -0.25) is 0 Å². The first-order valence-corrected chi connectivity index (χ1v) is 4.53. The molecule has 0 bridgehead atoms. The Labute approximate surface area is 80.4 Å². The standard InChI is InChI=1S/C10H19N3/c1-10(2,3)8-9(12(4)5)11-7-13(8)6/h7H,1-6H3. The lowest BCUT2D eigenvalue weighted by Crippen LogP contribution is -2.21. The van der Waals surface area contributed by atoms with Crippen LogP contribution in [0.3, 0.4) is 0 Å². The summed E-state index contributed by atoms with van der Waals surface area (Å²) in [5.74, 6) is 1.06. The predicted molar refractivity (Wildman–Crippen MR) is 56.2 cm³/mol. The van der Waals surface area contributed by atoms with Gasteiger partial charge in [-0.25, -0.2) is 4.98 Å². The van der Waals surface area contributed by atoms with Crippen molar-refractivity contribution >= 4 is 5.82 Å². The second-order valence-electron chi connectivity index (χ2n) is 4.67. The van der Waals surface area contributed by atoms with Crippen LogP contribution >= 0.6 is 0 Å². The summed E-state index contributed by atoms with van der Waals surface area (Å²) in [5.41, 5.74) is 1.42. The highest BCUT2D eigenvalue weighted by Gasteiger charge is 2.23. The molecule has 3 nitrogen and oxygen atoms in total. The van der Waals surface area contributed by atoms with Crippen molar-refractivity contribution in [3.05, 3.63) is 12.0 Å². The molecule has 1 aromatic heterocycles. The normalized spacial score (nSPS) is 11.8. The molecule has 0 aliphatic heterocycles. The lowest BCUT2D eigenvalue weighted by Gasteiger charge is -2.23. The number of hydrogen-bond acceptors (Lipinski definition) is 2. The van der Waals surface area contributed by atoms with Crippen molar-refractivity contribution in [2.24, 2.45) is 7.05 Å². The molecule has 1 aromatic rings. The van der Waals surface area contributed by atoms with Gasteiger partial charge in [-0.15, -0.1) is 0 Å². The Hall–Kier alpha value is -0.990. The van der Waals surface area contributed by atoms with E-state index in [1.165, 1.54) is 5.69 Å². The number of rotatable bonds is 1. The molecule has 0 aromatic carbocycles. The van der Waals surface area contributed by atoms with Crippen LogP contribution in [0.2, 0.25) is 0 Å². The van der Waals surface area contributed by atoms with Crippen molar-refractivity contribution in [3.63, 3.8) is 0 Å². The van der Waals surface area contributed by atoms with Gasteiger partial charge in [-0.1, -0.05) is 20.8 Å². The van der Waals surface area contributed by atoms with Gasteiger partial charge in [0.2, 0.25) is 0 Å². The smallest absolute Gasteiger partial charge is 0.150 e. The van der Waals surface area contributed by atoms with E-state index < -0.39 is 0 Å². The van der Waals surface area contributed by atoms with Crippen LogP contribution in [-0.4, -0.2) is 23.6 Å². The van der Waals surface area contributed by atoms with E-state index in [1.807, 2.05) is 27.5 Å². The number of aryl methyl sites for hydroxylation is 1. The summed E-state index contributed by atoms with van der Waals surface area (Å²) in [7, 11) is 6.09. The molecule has 1 heterocycles. The van der Waals surface area contributed by atoms with Gasteiger partial charge < -0.3 is 9.47 Å². The Bertz CT molecular complexity index is 292. The van der Waals surface area contributed by atoms with E-state index in [1.54, 1.807) is 0 Å². The summed E-state index contributed by atoms with van der Waals surface area (Å²) in [5, 5.41) is 0. The SMILES string of the molecule is CN(C)c1ncn(C)c1C(C)(C)C. The molecule has 13 heavy (non-hydrogen) atoms. The van der Waals surface area contributed by atoms with Crippen LogP contribution in [0.1, 0.15) is 26.5 Å². The Kier molecular flexibility index (Phi) is 2.37. The van der Waals surface area contributed by atoms with E-state index in [9.17, 15) is 0 Å². The fourth-order valence-electron chi connectivity index (χ4n) is 1.61. The highest BCUT2D eigenvalue weighted by atomic mass is 15.2. The van der Waals surface area contributed by atoms with Crippen LogP contribution in [0.4, 0.5) is 5.82 Å². The maximum atomic E-state index is 4.37. The van der Waals surface area contributed by atoms with Crippen molar-refractivity contribution in [2.75, 3.05) is 19.0 Å². The van der Waals surface area contributed by atoms with Gasteiger partial charge in [-0.05, 0) is 0 Å². The van der Waals surface area contributed by atoms with Crippen LogP contribution in [0, 0.1) is 0 Å². The number of imidazole rings is 1. The average Bonchev–Trinajstić information content (AvgIpc) is 2.28. The van der Waals surface area contributed by atoms with Crippen LogP contribution in [0.25, 0.3) is 0 Å². The van der Waals surface area contributed by atoms with Crippen molar-refractivity contribution < 1.29 is 0 Å². The Balaban J connectivity index is 3.25. The molecule has 0 N–H and O–H groups in total. The predicted octanol–water partition coefficient (Wildman–Crippen LogP) is 1.78. The molecule has 0 unspecified atom stereocenters. The van der Waals surface area contributed by atoms with Gasteiger partial charge in [0.1, 0.15) is 5.82 Å². The largest absolute Gasteiger partial charge is 0.361 e. The van der Waals surface area contributed by atoms with E-state index in [0.29, 0.717) is 0 Å². The minimum absolute atomic E-state index is 0.144. The molecule has 0 aliphatic carbocycles. The molecule has 74 valence electrons. The number of aromatic nitrogens is 2. The molecule has 0 aliphatic rings. The number of hydrogen-bond donors (Lipinski definition) is 0. The molecular weight excluding hydrogens is 162 g/mol. The summed E-state index contributed by atoms with van der Waals surface area (Å²) in [4.78, 5) is 6.43. The minimum atomic E-state index is 0.144. The molecule has 0 atom stereocenters. The molecule has 0 radical (unpaired) electrons. The molecule has 0 saturated heterocycles. The van der Waals surface area contributed by atoms with Gasteiger partial charge in [0, 0.05) is 26.6 Å². The highest BCUT2D eigenvalue weighted by molar-refractivity contribution is 5.46. The molecular formula is C10H19N3. The highest BCUT2D eigenvalue weighted by Crippen LogP contribution is 2.29. The maximum Gasteiger partial charge on any atom is 0.150 e. The summed E-state index contributed by atoms with van der Waals surface area (Å²) in [6.07, 6.45) is 1.87. The molecule has 1 rings (SSSR count). The molecule has 0 saturated carbocycles. The van der Waals surface area contributed by atoms with Gasteiger partial charge in [-0.2, -0.15) is 0 Å². The maximum absolute atomic E-state index is 4.37. The monoisotopic (exact) mass is 181 g/mol. The minimum Gasteiger partial charge on any atom is -0.361 e. The summed E-state index contributed by atoms with van der Waals surface area (Å²) in [6.45, 7) is 6.62. The molecule has 3 heteroatoms. The summed E-state index contributed by atoms with van der Waals surface area (Å²) < 4.78 is 2.09. The van der Waals surface area contributed by atoms with Gasteiger partial charge in [0.15, 0.2) is 0 Å². The first-order valence-electron chi connectivity index (χ1n) is 4.53. The van der Waals surface area contributed by atoms with Crippen LogP contribution in [0.15, 0.2) is 6.33 Å². The fraction of sp³-hybridized carbons (Fsp3) is 0.700. The van der Waals surface area contributed by atoms with E-state index >= 15 is 0 Å². The third-order valence-corrected chi connectivity index (χ3v) is 2.05. The van der Waals surface area contributed by atoms with Crippen molar-refractivity contribution in [2.45, 2.75) is 26.2 Å². The fourth-order valence-corrected chi connectivity index (χ4v) is 1.61. The topological polar surface area (TPSA) is 21.1 Å². The van der Waals surface area contributed by atoms with E-state index in [4.69, 9.17) is 0 Å². The van der Waals surface area contributed by atoms with Crippen molar-refractivity contribution in [1.29, 1.82) is 0 Å². The Morgan fingerprint density at radius 2 is 1.85 bits per heavy atom. The van der Waals surface area contributed by atoms with Crippen LogP contribution in [-0.2, 0) is 12.5 Å².